The van der Waals surface area contributed by atoms with Gasteiger partial charge < -0.3 is 0 Å². The van der Waals surface area contributed by atoms with Gasteiger partial charge in [0, 0.05) is 11.3 Å². The molecular weight excluding hydrogens is 232 g/mol. The first-order valence-electron chi connectivity index (χ1n) is 6.58. The maximum atomic E-state index is 4.53. The molecule has 0 radical (unpaired) electrons. The van der Waals surface area contributed by atoms with E-state index in [0.717, 1.165) is 11.3 Å². The fourth-order valence-electron chi connectivity index (χ4n) is 2.58. The first-order chi connectivity index (χ1) is 9.06. The van der Waals surface area contributed by atoms with Gasteiger partial charge in [-0.05, 0) is 62.6 Å². The summed E-state index contributed by atoms with van der Waals surface area (Å²) in [5.41, 5.74) is 8.52. The van der Waals surface area contributed by atoms with Gasteiger partial charge in [-0.15, -0.1) is 0 Å². The molecule has 0 N–H and O–H groups in total. The van der Waals surface area contributed by atoms with E-state index < -0.39 is 0 Å². The van der Waals surface area contributed by atoms with Crippen molar-refractivity contribution in [2.24, 2.45) is 0 Å². The van der Waals surface area contributed by atoms with Gasteiger partial charge in [0.15, 0.2) is 0 Å². The van der Waals surface area contributed by atoms with Crippen LogP contribution in [0.25, 0.3) is 16.9 Å². The van der Waals surface area contributed by atoms with Crippen molar-refractivity contribution in [3.05, 3.63) is 58.9 Å². The smallest absolute Gasteiger partial charge is 0.137 e. The summed E-state index contributed by atoms with van der Waals surface area (Å²) in [7, 11) is 0. The molecule has 0 saturated heterocycles. The Morgan fingerprint density at radius 2 is 1.68 bits per heavy atom. The van der Waals surface area contributed by atoms with Crippen LogP contribution in [0.3, 0.4) is 0 Å². The van der Waals surface area contributed by atoms with E-state index in [1.807, 2.05) is 6.20 Å². The minimum absolute atomic E-state index is 1.02. The molecule has 3 aromatic rings. The zero-order valence-electron chi connectivity index (χ0n) is 11.9. The van der Waals surface area contributed by atoms with Gasteiger partial charge in [0.05, 0.1) is 11.9 Å². The van der Waals surface area contributed by atoms with E-state index in [4.69, 9.17) is 0 Å². The molecule has 0 aliphatic heterocycles. The lowest BCUT2D eigenvalue weighted by Crippen LogP contribution is -1.95. The Bertz CT molecular complexity index is 766. The number of imidazole rings is 1. The van der Waals surface area contributed by atoms with Crippen LogP contribution in [-0.4, -0.2) is 9.38 Å². The Morgan fingerprint density at radius 3 is 2.42 bits per heavy atom. The lowest BCUT2D eigenvalue weighted by molar-refractivity contribution is 1.09. The number of aromatic nitrogens is 2. The van der Waals surface area contributed by atoms with Crippen molar-refractivity contribution in [3.8, 4) is 11.3 Å². The summed E-state index contributed by atoms with van der Waals surface area (Å²) in [6.07, 6.45) is 1.96. The van der Waals surface area contributed by atoms with Crippen LogP contribution in [0.15, 0.2) is 36.5 Å². The highest BCUT2D eigenvalue weighted by Gasteiger charge is 2.09. The standard InChI is InChI=1S/C17H18N2/c1-11-7-14(4)19-16(10-18-17(19)8-11)15-6-5-12(2)13(3)9-15/h5-10H,1-4H3. The molecule has 19 heavy (non-hydrogen) atoms. The molecular formula is C17H18N2. The highest BCUT2D eigenvalue weighted by atomic mass is 15.0. The van der Waals surface area contributed by atoms with Gasteiger partial charge in [-0.2, -0.15) is 0 Å². The average molecular weight is 250 g/mol. The van der Waals surface area contributed by atoms with E-state index in [1.165, 1.54) is 27.9 Å². The second kappa shape index (κ2) is 4.23. The van der Waals surface area contributed by atoms with Crippen LogP contribution >= 0.6 is 0 Å². The van der Waals surface area contributed by atoms with E-state index in [9.17, 15) is 0 Å². The lowest BCUT2D eigenvalue weighted by Gasteiger charge is -2.08. The van der Waals surface area contributed by atoms with Crippen LogP contribution in [0.2, 0.25) is 0 Å². The van der Waals surface area contributed by atoms with E-state index in [2.05, 4.69) is 67.4 Å². The van der Waals surface area contributed by atoms with Gasteiger partial charge in [-0.25, -0.2) is 4.98 Å². The van der Waals surface area contributed by atoms with Crippen molar-refractivity contribution < 1.29 is 0 Å². The number of nitrogens with zero attached hydrogens (tertiary/aromatic N) is 2. The third-order valence-electron chi connectivity index (χ3n) is 3.74. The van der Waals surface area contributed by atoms with Crippen molar-refractivity contribution in [3.63, 3.8) is 0 Å². The highest BCUT2D eigenvalue weighted by Crippen LogP contribution is 2.25. The highest BCUT2D eigenvalue weighted by molar-refractivity contribution is 5.66. The largest absolute Gasteiger partial charge is 0.297 e. The number of rotatable bonds is 1. The average Bonchev–Trinajstić information content (AvgIpc) is 2.76. The SMILES string of the molecule is Cc1cc(C)n2c(-c3ccc(C)c(C)c3)cnc2c1. The molecule has 2 nitrogen and oxygen atoms in total. The quantitative estimate of drug-likeness (QED) is 0.631. The third kappa shape index (κ3) is 1.93. The molecule has 0 spiro atoms. The molecule has 0 aliphatic rings. The van der Waals surface area contributed by atoms with Gasteiger partial charge in [-0.3, -0.25) is 4.40 Å². The topological polar surface area (TPSA) is 17.3 Å². The molecule has 2 aromatic heterocycles. The first-order valence-corrected chi connectivity index (χ1v) is 6.58. The van der Waals surface area contributed by atoms with Gasteiger partial charge in [0.1, 0.15) is 5.65 Å². The molecule has 0 aliphatic carbocycles. The summed E-state index contributed by atoms with van der Waals surface area (Å²) in [5, 5.41) is 0. The Morgan fingerprint density at radius 1 is 0.895 bits per heavy atom. The number of pyridine rings is 1. The maximum Gasteiger partial charge on any atom is 0.137 e. The van der Waals surface area contributed by atoms with Crippen molar-refractivity contribution in [1.82, 2.24) is 9.38 Å². The molecule has 1 aromatic carbocycles. The number of aryl methyl sites for hydroxylation is 4. The molecule has 0 fully saturated rings. The minimum atomic E-state index is 1.02. The zero-order valence-corrected chi connectivity index (χ0v) is 11.9. The van der Waals surface area contributed by atoms with Crippen molar-refractivity contribution in [2.45, 2.75) is 27.7 Å². The van der Waals surface area contributed by atoms with E-state index in [0.29, 0.717) is 0 Å². The molecule has 2 heteroatoms. The Hall–Kier alpha value is -2.09. The number of fused-ring (bicyclic) bond motifs is 1. The molecule has 96 valence electrons. The summed E-state index contributed by atoms with van der Waals surface area (Å²) >= 11 is 0. The molecule has 0 atom stereocenters. The predicted molar refractivity (Wildman–Crippen MR) is 79.6 cm³/mol. The fourth-order valence-corrected chi connectivity index (χ4v) is 2.58. The third-order valence-corrected chi connectivity index (χ3v) is 3.74. The maximum absolute atomic E-state index is 4.53. The molecule has 0 unspecified atom stereocenters. The Balaban J connectivity index is 2.28. The van der Waals surface area contributed by atoms with Gasteiger partial charge >= 0.3 is 0 Å². The Labute approximate surface area is 113 Å². The predicted octanol–water partition coefficient (Wildman–Crippen LogP) is 4.23. The van der Waals surface area contributed by atoms with Gasteiger partial charge in [0.2, 0.25) is 0 Å². The van der Waals surface area contributed by atoms with Crippen LogP contribution in [0, 0.1) is 27.7 Å². The summed E-state index contributed by atoms with van der Waals surface area (Å²) in [4.78, 5) is 4.53. The van der Waals surface area contributed by atoms with Gasteiger partial charge in [0.25, 0.3) is 0 Å². The van der Waals surface area contributed by atoms with E-state index >= 15 is 0 Å². The second-order valence-electron chi connectivity index (χ2n) is 5.31. The number of hydrogen-bond donors (Lipinski definition) is 0. The van der Waals surface area contributed by atoms with Crippen LogP contribution < -0.4 is 0 Å². The van der Waals surface area contributed by atoms with E-state index in [1.54, 1.807) is 0 Å². The van der Waals surface area contributed by atoms with Crippen molar-refractivity contribution in [1.29, 1.82) is 0 Å². The van der Waals surface area contributed by atoms with Crippen molar-refractivity contribution in [2.75, 3.05) is 0 Å². The summed E-state index contributed by atoms with van der Waals surface area (Å²) in [5.74, 6) is 0. The second-order valence-corrected chi connectivity index (χ2v) is 5.31. The number of hydrogen-bond acceptors (Lipinski definition) is 1. The fraction of sp³-hybridized carbons (Fsp3) is 0.235. The summed E-state index contributed by atoms with van der Waals surface area (Å²) in [6, 6.07) is 10.9. The van der Waals surface area contributed by atoms with Gasteiger partial charge in [-0.1, -0.05) is 12.1 Å². The lowest BCUT2D eigenvalue weighted by atomic mass is 10.0. The Kier molecular flexibility index (Phi) is 2.67. The molecule has 0 bridgehead atoms. The van der Waals surface area contributed by atoms with E-state index in [-0.39, 0.29) is 0 Å². The molecule has 2 heterocycles. The van der Waals surface area contributed by atoms with Crippen molar-refractivity contribution >= 4 is 5.65 Å². The van der Waals surface area contributed by atoms with Crippen LogP contribution in [0.4, 0.5) is 0 Å². The first kappa shape index (κ1) is 12.0. The normalized spacial score (nSPS) is 11.2. The summed E-state index contributed by atoms with van der Waals surface area (Å²) in [6.45, 7) is 8.53. The minimum Gasteiger partial charge on any atom is -0.297 e. The van der Waals surface area contributed by atoms with Crippen LogP contribution in [0.1, 0.15) is 22.4 Å². The molecule has 0 saturated carbocycles. The monoisotopic (exact) mass is 250 g/mol. The molecule has 0 amide bonds. The zero-order chi connectivity index (χ0) is 13.6. The summed E-state index contributed by atoms with van der Waals surface area (Å²) < 4.78 is 2.22. The van der Waals surface area contributed by atoms with Crippen LogP contribution in [-0.2, 0) is 0 Å². The molecule has 3 rings (SSSR count). The van der Waals surface area contributed by atoms with Crippen LogP contribution in [0.5, 0.6) is 0 Å². The number of benzene rings is 1.